The molecule has 0 amide bonds. The number of nitrogens with zero attached hydrogens (tertiary/aromatic N) is 3. The standard InChI is InChI=1S/C16H20BN3O2S/c1-15(2)16(3,4)22-17(21-15)13-7-11(12-8-23-9-18-12)19-14(20-13)10-5-6-10/h7-10H,5-6H2,1-4H3. The summed E-state index contributed by atoms with van der Waals surface area (Å²) in [7, 11) is -0.460. The van der Waals surface area contributed by atoms with Gasteiger partial charge in [-0.05, 0) is 46.6 Å². The fourth-order valence-corrected chi connectivity index (χ4v) is 3.11. The smallest absolute Gasteiger partial charge is 0.398 e. The minimum absolute atomic E-state index is 0.372. The maximum Gasteiger partial charge on any atom is 0.514 e. The highest BCUT2D eigenvalue weighted by Crippen LogP contribution is 2.39. The second-order valence-corrected chi connectivity index (χ2v) is 7.99. The summed E-state index contributed by atoms with van der Waals surface area (Å²) in [6.45, 7) is 8.21. The van der Waals surface area contributed by atoms with Gasteiger partial charge in [-0.15, -0.1) is 11.3 Å². The Hall–Kier alpha value is -1.31. The molecule has 2 aliphatic rings. The summed E-state index contributed by atoms with van der Waals surface area (Å²) in [4.78, 5) is 13.8. The normalized spacial score (nSPS) is 22.5. The molecule has 5 nitrogen and oxygen atoms in total. The van der Waals surface area contributed by atoms with Crippen LogP contribution in [0.4, 0.5) is 0 Å². The molecule has 2 aromatic heterocycles. The summed E-state index contributed by atoms with van der Waals surface area (Å²) in [6.07, 6.45) is 2.31. The van der Waals surface area contributed by atoms with E-state index in [0.717, 1.165) is 35.6 Å². The van der Waals surface area contributed by atoms with Gasteiger partial charge in [0.2, 0.25) is 0 Å². The molecule has 7 heteroatoms. The van der Waals surface area contributed by atoms with Gasteiger partial charge in [0.05, 0.1) is 33.7 Å². The lowest BCUT2D eigenvalue weighted by Gasteiger charge is -2.32. The molecule has 3 heterocycles. The molecular formula is C16H20BN3O2S. The van der Waals surface area contributed by atoms with E-state index < -0.39 is 7.12 Å². The molecule has 1 aliphatic heterocycles. The van der Waals surface area contributed by atoms with Crippen molar-refractivity contribution < 1.29 is 9.31 Å². The van der Waals surface area contributed by atoms with Crippen LogP contribution in [0.15, 0.2) is 17.0 Å². The molecule has 4 rings (SSSR count). The third-order valence-electron chi connectivity index (χ3n) is 4.90. The van der Waals surface area contributed by atoms with Crippen molar-refractivity contribution in [3.8, 4) is 11.4 Å². The zero-order valence-electron chi connectivity index (χ0n) is 13.9. The van der Waals surface area contributed by atoms with E-state index in [1.54, 1.807) is 11.3 Å². The van der Waals surface area contributed by atoms with E-state index >= 15 is 0 Å². The Morgan fingerprint density at radius 1 is 1.09 bits per heavy atom. The van der Waals surface area contributed by atoms with Crippen molar-refractivity contribution in [2.75, 3.05) is 0 Å². The van der Waals surface area contributed by atoms with Gasteiger partial charge in [-0.25, -0.2) is 15.0 Å². The Morgan fingerprint density at radius 2 is 1.78 bits per heavy atom. The summed E-state index contributed by atoms with van der Waals surface area (Å²) in [5.74, 6) is 1.36. The fourth-order valence-electron chi connectivity index (χ4n) is 2.56. The zero-order valence-corrected chi connectivity index (χ0v) is 14.7. The first-order chi connectivity index (χ1) is 10.9. The molecule has 0 atom stereocenters. The van der Waals surface area contributed by atoms with E-state index in [-0.39, 0.29) is 11.2 Å². The SMILES string of the molecule is CC1(C)OB(c2cc(-c3cscn3)nc(C3CC3)n2)OC1(C)C. The van der Waals surface area contributed by atoms with Gasteiger partial charge in [0.1, 0.15) is 5.82 Å². The molecule has 2 fully saturated rings. The van der Waals surface area contributed by atoms with Gasteiger partial charge < -0.3 is 9.31 Å². The third-order valence-corrected chi connectivity index (χ3v) is 5.48. The van der Waals surface area contributed by atoms with Gasteiger partial charge in [-0.1, -0.05) is 0 Å². The van der Waals surface area contributed by atoms with Crippen molar-refractivity contribution in [1.29, 1.82) is 0 Å². The van der Waals surface area contributed by atoms with Crippen LogP contribution in [0, 0.1) is 0 Å². The molecule has 1 saturated carbocycles. The van der Waals surface area contributed by atoms with Crippen LogP contribution in [-0.2, 0) is 9.31 Å². The summed E-state index contributed by atoms with van der Waals surface area (Å²) in [6, 6.07) is 1.95. The average Bonchev–Trinajstić information content (AvgIpc) is 3.14. The van der Waals surface area contributed by atoms with Crippen LogP contribution in [0.3, 0.4) is 0 Å². The number of aromatic nitrogens is 3. The lowest BCUT2D eigenvalue weighted by Crippen LogP contribution is -2.41. The minimum Gasteiger partial charge on any atom is -0.398 e. The Kier molecular flexibility index (Phi) is 3.37. The zero-order chi connectivity index (χ0) is 16.2. The molecule has 0 radical (unpaired) electrons. The molecule has 1 saturated heterocycles. The molecule has 2 aromatic rings. The molecule has 23 heavy (non-hydrogen) atoms. The van der Waals surface area contributed by atoms with Crippen LogP contribution in [0.5, 0.6) is 0 Å². The molecule has 0 spiro atoms. The van der Waals surface area contributed by atoms with Crippen molar-refractivity contribution >= 4 is 24.0 Å². The Morgan fingerprint density at radius 3 is 2.35 bits per heavy atom. The highest BCUT2D eigenvalue weighted by molar-refractivity contribution is 7.07. The Balaban J connectivity index is 1.74. The van der Waals surface area contributed by atoms with Crippen molar-refractivity contribution in [3.63, 3.8) is 0 Å². The van der Waals surface area contributed by atoms with Crippen LogP contribution >= 0.6 is 11.3 Å². The predicted octanol–water partition coefficient (Wildman–Crippen LogP) is 2.78. The van der Waals surface area contributed by atoms with Crippen molar-refractivity contribution in [2.24, 2.45) is 0 Å². The molecule has 120 valence electrons. The number of hydrogen-bond acceptors (Lipinski definition) is 6. The van der Waals surface area contributed by atoms with Gasteiger partial charge in [0.15, 0.2) is 0 Å². The summed E-state index contributed by atoms with van der Waals surface area (Å²) < 4.78 is 12.3. The van der Waals surface area contributed by atoms with Crippen LogP contribution in [0.25, 0.3) is 11.4 Å². The lowest BCUT2D eigenvalue weighted by atomic mass is 9.84. The number of hydrogen-bond donors (Lipinski definition) is 0. The molecule has 0 aromatic carbocycles. The van der Waals surface area contributed by atoms with Crippen molar-refractivity contribution in [3.05, 3.63) is 22.8 Å². The second kappa shape index (κ2) is 5.09. The van der Waals surface area contributed by atoms with Gasteiger partial charge in [-0.3, -0.25) is 0 Å². The third kappa shape index (κ3) is 2.71. The quantitative estimate of drug-likeness (QED) is 0.811. The monoisotopic (exact) mass is 329 g/mol. The molecule has 0 bridgehead atoms. The van der Waals surface area contributed by atoms with Crippen molar-refractivity contribution in [1.82, 2.24) is 15.0 Å². The average molecular weight is 329 g/mol. The van der Waals surface area contributed by atoms with E-state index in [9.17, 15) is 0 Å². The lowest BCUT2D eigenvalue weighted by molar-refractivity contribution is 0.00578. The maximum atomic E-state index is 6.15. The maximum absolute atomic E-state index is 6.15. The van der Waals surface area contributed by atoms with Crippen LogP contribution in [0.1, 0.15) is 52.3 Å². The van der Waals surface area contributed by atoms with Crippen molar-refractivity contribution in [2.45, 2.75) is 57.7 Å². The highest BCUT2D eigenvalue weighted by Gasteiger charge is 2.52. The first-order valence-electron chi connectivity index (χ1n) is 7.99. The van der Waals surface area contributed by atoms with E-state index in [2.05, 4.69) is 32.7 Å². The van der Waals surface area contributed by atoms with Gasteiger partial charge in [-0.2, -0.15) is 0 Å². The first-order valence-corrected chi connectivity index (χ1v) is 8.93. The first kappa shape index (κ1) is 15.2. The number of rotatable bonds is 3. The van der Waals surface area contributed by atoms with E-state index in [4.69, 9.17) is 19.3 Å². The predicted molar refractivity (Wildman–Crippen MR) is 90.8 cm³/mol. The second-order valence-electron chi connectivity index (χ2n) is 7.27. The topological polar surface area (TPSA) is 57.1 Å². The Bertz CT molecular complexity index is 713. The highest BCUT2D eigenvalue weighted by atomic mass is 32.1. The van der Waals surface area contributed by atoms with Crippen LogP contribution in [0.2, 0.25) is 0 Å². The minimum atomic E-state index is -0.460. The largest absolute Gasteiger partial charge is 0.514 e. The van der Waals surface area contributed by atoms with Crippen LogP contribution < -0.4 is 5.59 Å². The van der Waals surface area contributed by atoms with E-state index in [0.29, 0.717) is 5.92 Å². The molecule has 0 unspecified atom stereocenters. The number of thiazole rings is 1. The summed E-state index contributed by atoms with van der Waals surface area (Å²) in [5, 5.41) is 2.01. The van der Waals surface area contributed by atoms with E-state index in [1.165, 1.54) is 0 Å². The molecule has 0 N–H and O–H groups in total. The molecule has 1 aliphatic carbocycles. The molecular weight excluding hydrogens is 309 g/mol. The summed E-state index contributed by atoms with van der Waals surface area (Å²) >= 11 is 1.57. The summed E-state index contributed by atoms with van der Waals surface area (Å²) in [5.41, 5.74) is 3.61. The van der Waals surface area contributed by atoms with Gasteiger partial charge in [0, 0.05) is 11.3 Å². The van der Waals surface area contributed by atoms with E-state index in [1.807, 2.05) is 17.0 Å². The van der Waals surface area contributed by atoms with Crippen LogP contribution in [-0.4, -0.2) is 33.3 Å². The fraction of sp³-hybridized carbons (Fsp3) is 0.562. The van der Waals surface area contributed by atoms with Gasteiger partial charge >= 0.3 is 7.12 Å². The van der Waals surface area contributed by atoms with Gasteiger partial charge in [0.25, 0.3) is 0 Å². The Labute approximate surface area is 140 Å².